The predicted octanol–water partition coefficient (Wildman–Crippen LogP) is 2.77. The Balaban J connectivity index is 1.71. The van der Waals surface area contributed by atoms with Crippen LogP contribution in [0.3, 0.4) is 0 Å². The van der Waals surface area contributed by atoms with Crippen molar-refractivity contribution < 1.29 is 9.84 Å². The van der Waals surface area contributed by atoms with Crippen molar-refractivity contribution in [2.45, 2.75) is 44.5 Å². The van der Waals surface area contributed by atoms with Crippen molar-refractivity contribution in [3.63, 3.8) is 0 Å². The maximum absolute atomic E-state index is 10.2. The summed E-state index contributed by atoms with van der Waals surface area (Å²) in [6.45, 7) is 2.06. The Morgan fingerprint density at radius 1 is 1.44 bits per heavy atom. The molecule has 1 fully saturated rings. The number of hydrogen-bond acceptors (Lipinski definition) is 4. The molecule has 3 nitrogen and oxygen atoms in total. The van der Waals surface area contributed by atoms with Gasteiger partial charge < -0.3 is 9.84 Å². The van der Waals surface area contributed by atoms with E-state index in [1.54, 1.807) is 11.3 Å². The minimum Gasteiger partial charge on any atom is -0.390 e. The molecule has 1 aliphatic heterocycles. The molecular formula is C14H17NO2S. The summed E-state index contributed by atoms with van der Waals surface area (Å²) in [7, 11) is 0. The summed E-state index contributed by atoms with van der Waals surface area (Å²) < 4.78 is 6.88. The molecule has 0 radical (unpaired) electrons. The molecule has 4 heteroatoms. The highest BCUT2D eigenvalue weighted by molar-refractivity contribution is 7.18. The fourth-order valence-electron chi connectivity index (χ4n) is 2.43. The number of aliphatic hydroxyl groups is 1. The van der Waals surface area contributed by atoms with Gasteiger partial charge in [0.15, 0.2) is 0 Å². The number of rotatable bonds is 3. The first kappa shape index (κ1) is 12.1. The van der Waals surface area contributed by atoms with E-state index >= 15 is 0 Å². The third-order valence-electron chi connectivity index (χ3n) is 3.42. The van der Waals surface area contributed by atoms with Crippen LogP contribution >= 0.6 is 11.3 Å². The summed E-state index contributed by atoms with van der Waals surface area (Å²) in [5, 5.41) is 11.2. The molecule has 0 amide bonds. The van der Waals surface area contributed by atoms with E-state index in [2.05, 4.69) is 18.0 Å². The molecule has 1 aromatic carbocycles. The van der Waals surface area contributed by atoms with Gasteiger partial charge in [-0.25, -0.2) is 4.98 Å². The lowest BCUT2D eigenvalue weighted by Gasteiger charge is -2.17. The second-order valence-electron chi connectivity index (χ2n) is 4.91. The van der Waals surface area contributed by atoms with Crippen LogP contribution < -0.4 is 0 Å². The standard InChI is InChI=1S/C14H17NO2S/c1-9-6-7-12(17-9)11(16)8-14-15-10-4-2-3-5-13(10)18-14/h2-5,9,11-12,16H,6-8H2,1H3. The summed E-state index contributed by atoms with van der Waals surface area (Å²) in [6, 6.07) is 8.08. The van der Waals surface area contributed by atoms with Gasteiger partial charge in [-0.1, -0.05) is 12.1 Å². The van der Waals surface area contributed by atoms with Gasteiger partial charge in [0.1, 0.15) is 0 Å². The zero-order valence-electron chi connectivity index (χ0n) is 10.4. The molecule has 3 rings (SSSR count). The van der Waals surface area contributed by atoms with Gasteiger partial charge in [-0.15, -0.1) is 11.3 Å². The largest absolute Gasteiger partial charge is 0.390 e. The first-order valence-electron chi connectivity index (χ1n) is 6.40. The molecule has 3 atom stereocenters. The van der Waals surface area contributed by atoms with Crippen molar-refractivity contribution in [2.75, 3.05) is 0 Å². The molecular weight excluding hydrogens is 246 g/mol. The van der Waals surface area contributed by atoms with Gasteiger partial charge in [0, 0.05) is 6.42 Å². The smallest absolute Gasteiger partial charge is 0.0965 e. The Kier molecular flexibility index (Phi) is 3.33. The number of fused-ring (bicyclic) bond motifs is 1. The Morgan fingerprint density at radius 3 is 3.00 bits per heavy atom. The fourth-order valence-corrected chi connectivity index (χ4v) is 3.45. The molecule has 0 aliphatic carbocycles. The number of benzene rings is 1. The fraction of sp³-hybridized carbons (Fsp3) is 0.500. The molecule has 3 unspecified atom stereocenters. The molecule has 2 aromatic rings. The van der Waals surface area contributed by atoms with Crippen LogP contribution in [-0.4, -0.2) is 28.4 Å². The van der Waals surface area contributed by atoms with Crippen molar-refractivity contribution in [3.05, 3.63) is 29.3 Å². The van der Waals surface area contributed by atoms with Gasteiger partial charge in [-0.2, -0.15) is 0 Å². The average Bonchev–Trinajstić information content (AvgIpc) is 2.94. The number of nitrogens with zero attached hydrogens (tertiary/aromatic N) is 1. The van der Waals surface area contributed by atoms with Gasteiger partial charge in [0.05, 0.1) is 33.5 Å². The van der Waals surface area contributed by atoms with Crippen LogP contribution in [0.25, 0.3) is 10.2 Å². The lowest BCUT2D eigenvalue weighted by Crippen LogP contribution is -2.28. The van der Waals surface area contributed by atoms with Gasteiger partial charge in [-0.05, 0) is 31.9 Å². The highest BCUT2D eigenvalue weighted by atomic mass is 32.1. The van der Waals surface area contributed by atoms with E-state index in [4.69, 9.17) is 4.74 Å². The van der Waals surface area contributed by atoms with Crippen molar-refractivity contribution in [3.8, 4) is 0 Å². The Bertz CT molecular complexity index is 506. The molecule has 1 aliphatic rings. The summed E-state index contributed by atoms with van der Waals surface area (Å²) in [5.41, 5.74) is 1.02. The lowest BCUT2D eigenvalue weighted by molar-refractivity contribution is -0.0278. The SMILES string of the molecule is CC1CCC(C(O)Cc2nc3ccccc3s2)O1. The van der Waals surface area contributed by atoms with E-state index < -0.39 is 6.10 Å². The van der Waals surface area contributed by atoms with Crippen LogP contribution in [0.5, 0.6) is 0 Å². The van der Waals surface area contributed by atoms with E-state index in [0.717, 1.165) is 23.4 Å². The Labute approximate surface area is 110 Å². The number of hydrogen-bond donors (Lipinski definition) is 1. The van der Waals surface area contributed by atoms with Crippen molar-refractivity contribution in [2.24, 2.45) is 0 Å². The molecule has 0 spiro atoms. The zero-order chi connectivity index (χ0) is 12.5. The summed E-state index contributed by atoms with van der Waals surface area (Å²) in [4.78, 5) is 4.55. The van der Waals surface area contributed by atoms with Crippen molar-refractivity contribution >= 4 is 21.6 Å². The maximum Gasteiger partial charge on any atom is 0.0965 e. The third kappa shape index (κ3) is 2.41. The summed E-state index contributed by atoms with van der Waals surface area (Å²) in [5.74, 6) is 0. The molecule has 18 heavy (non-hydrogen) atoms. The van der Waals surface area contributed by atoms with Crippen molar-refractivity contribution in [1.29, 1.82) is 0 Å². The molecule has 1 aromatic heterocycles. The number of ether oxygens (including phenoxy) is 1. The first-order chi connectivity index (χ1) is 8.72. The van der Waals surface area contributed by atoms with Gasteiger partial charge in [0.2, 0.25) is 0 Å². The molecule has 96 valence electrons. The number of aliphatic hydroxyl groups excluding tert-OH is 1. The average molecular weight is 263 g/mol. The van der Waals surface area contributed by atoms with Crippen LogP contribution in [0.2, 0.25) is 0 Å². The van der Waals surface area contributed by atoms with E-state index in [0.29, 0.717) is 6.42 Å². The van der Waals surface area contributed by atoms with Crippen molar-refractivity contribution in [1.82, 2.24) is 4.98 Å². The van der Waals surface area contributed by atoms with Crippen LogP contribution in [-0.2, 0) is 11.2 Å². The second kappa shape index (κ2) is 4.96. The van der Waals surface area contributed by atoms with E-state index in [9.17, 15) is 5.11 Å². The monoisotopic (exact) mass is 263 g/mol. The minimum absolute atomic E-state index is 0.0213. The first-order valence-corrected chi connectivity index (χ1v) is 7.22. The van der Waals surface area contributed by atoms with Crippen LogP contribution in [0.15, 0.2) is 24.3 Å². The van der Waals surface area contributed by atoms with E-state index in [1.165, 1.54) is 4.70 Å². The third-order valence-corrected chi connectivity index (χ3v) is 4.47. The summed E-state index contributed by atoms with van der Waals surface area (Å²) >= 11 is 1.66. The highest BCUT2D eigenvalue weighted by Gasteiger charge is 2.28. The van der Waals surface area contributed by atoms with Crippen LogP contribution in [0.4, 0.5) is 0 Å². The van der Waals surface area contributed by atoms with Gasteiger partial charge >= 0.3 is 0 Å². The number of para-hydroxylation sites is 1. The topological polar surface area (TPSA) is 42.4 Å². The van der Waals surface area contributed by atoms with Crippen LogP contribution in [0, 0.1) is 0 Å². The Hall–Kier alpha value is -0.970. The summed E-state index contributed by atoms with van der Waals surface area (Å²) in [6.07, 6.45) is 2.41. The zero-order valence-corrected chi connectivity index (χ0v) is 11.2. The highest BCUT2D eigenvalue weighted by Crippen LogP contribution is 2.26. The normalized spacial score (nSPS) is 25.7. The molecule has 0 bridgehead atoms. The molecule has 1 saturated heterocycles. The second-order valence-corrected chi connectivity index (χ2v) is 6.02. The maximum atomic E-state index is 10.2. The van der Waals surface area contributed by atoms with Gasteiger partial charge in [0.25, 0.3) is 0 Å². The van der Waals surface area contributed by atoms with Crippen LogP contribution in [0.1, 0.15) is 24.8 Å². The molecule has 1 N–H and O–H groups in total. The number of aromatic nitrogens is 1. The predicted molar refractivity (Wildman–Crippen MR) is 72.9 cm³/mol. The van der Waals surface area contributed by atoms with E-state index in [1.807, 2.05) is 18.2 Å². The molecule has 0 saturated carbocycles. The Morgan fingerprint density at radius 2 is 2.28 bits per heavy atom. The van der Waals surface area contributed by atoms with E-state index in [-0.39, 0.29) is 12.2 Å². The lowest BCUT2D eigenvalue weighted by atomic mass is 10.1. The van der Waals surface area contributed by atoms with Gasteiger partial charge in [-0.3, -0.25) is 0 Å². The quantitative estimate of drug-likeness (QED) is 0.926. The number of thiazole rings is 1. The molecule has 2 heterocycles. The minimum atomic E-state index is -0.435.